The average Bonchev–Trinajstić information content (AvgIpc) is 2.94. The normalized spacial score (nSPS) is 16.4. The number of fused-ring (bicyclic) bond motifs is 3. The van der Waals surface area contributed by atoms with E-state index in [1.807, 2.05) is 0 Å². The quantitative estimate of drug-likeness (QED) is 0.808. The number of aromatic nitrogens is 3. The Balaban J connectivity index is 1.67. The summed E-state index contributed by atoms with van der Waals surface area (Å²) in [5.41, 5.74) is 1.63. The molecule has 5 nitrogen and oxygen atoms in total. The van der Waals surface area contributed by atoms with E-state index in [-0.39, 0.29) is 11.4 Å². The van der Waals surface area contributed by atoms with E-state index in [4.69, 9.17) is 0 Å². The highest BCUT2D eigenvalue weighted by molar-refractivity contribution is 6.04. The van der Waals surface area contributed by atoms with Crippen LogP contribution in [0.4, 0.5) is 4.39 Å². The molecule has 0 amide bonds. The lowest BCUT2D eigenvalue weighted by atomic mass is 10.1. The molecule has 120 valence electrons. The monoisotopic (exact) mass is 314 g/mol. The number of nitrogens with zero attached hydrogens (tertiary/aromatic N) is 3. The summed E-state index contributed by atoms with van der Waals surface area (Å²) in [6, 6.07) is 4.44. The van der Waals surface area contributed by atoms with Gasteiger partial charge in [0.1, 0.15) is 16.9 Å². The molecular formula is C17H19FN4O. The minimum absolute atomic E-state index is 0.0939. The topological polar surface area (TPSA) is 53.9 Å². The fraction of sp³-hybridized carbons (Fsp3) is 0.412. The van der Waals surface area contributed by atoms with Gasteiger partial charge in [-0.3, -0.25) is 9.36 Å². The van der Waals surface area contributed by atoms with E-state index in [2.05, 4.69) is 14.9 Å². The highest BCUT2D eigenvalue weighted by atomic mass is 19.1. The number of benzene rings is 1. The summed E-state index contributed by atoms with van der Waals surface area (Å²) >= 11 is 0. The van der Waals surface area contributed by atoms with Gasteiger partial charge in [-0.25, -0.2) is 9.37 Å². The third-order valence-corrected chi connectivity index (χ3v) is 4.64. The van der Waals surface area contributed by atoms with Crippen LogP contribution in [0.3, 0.4) is 0 Å². The van der Waals surface area contributed by atoms with E-state index in [1.165, 1.54) is 31.4 Å². The maximum Gasteiger partial charge on any atom is 0.277 e. The van der Waals surface area contributed by atoms with Crippen LogP contribution < -0.4 is 5.56 Å². The molecular weight excluding hydrogens is 295 g/mol. The Morgan fingerprint density at radius 1 is 1.17 bits per heavy atom. The molecule has 1 N–H and O–H groups in total. The van der Waals surface area contributed by atoms with E-state index in [9.17, 15) is 9.18 Å². The second kappa shape index (κ2) is 5.77. The van der Waals surface area contributed by atoms with Crippen LogP contribution in [0.15, 0.2) is 29.3 Å². The van der Waals surface area contributed by atoms with Crippen molar-refractivity contribution in [3.8, 4) is 0 Å². The zero-order valence-electron chi connectivity index (χ0n) is 12.9. The van der Waals surface area contributed by atoms with Crippen molar-refractivity contribution < 1.29 is 4.39 Å². The molecule has 6 heteroatoms. The van der Waals surface area contributed by atoms with Crippen molar-refractivity contribution in [2.24, 2.45) is 0 Å². The molecule has 3 aromatic rings. The molecule has 0 aliphatic carbocycles. The Hall–Kier alpha value is -2.21. The first-order valence-corrected chi connectivity index (χ1v) is 8.11. The van der Waals surface area contributed by atoms with Crippen LogP contribution in [-0.2, 0) is 6.54 Å². The maximum absolute atomic E-state index is 13.4. The van der Waals surface area contributed by atoms with Crippen LogP contribution in [-0.4, -0.2) is 39.1 Å². The number of piperidine rings is 1. The third kappa shape index (κ3) is 2.63. The summed E-state index contributed by atoms with van der Waals surface area (Å²) < 4.78 is 15.1. The lowest BCUT2D eigenvalue weighted by Gasteiger charge is -2.26. The molecule has 1 aliphatic heterocycles. The van der Waals surface area contributed by atoms with Crippen molar-refractivity contribution in [1.29, 1.82) is 0 Å². The van der Waals surface area contributed by atoms with Gasteiger partial charge in [0.2, 0.25) is 0 Å². The number of rotatable bonds is 3. The van der Waals surface area contributed by atoms with Gasteiger partial charge >= 0.3 is 0 Å². The van der Waals surface area contributed by atoms with Crippen LogP contribution >= 0.6 is 0 Å². The second-order valence-corrected chi connectivity index (χ2v) is 6.18. The van der Waals surface area contributed by atoms with Crippen molar-refractivity contribution in [2.75, 3.05) is 19.6 Å². The minimum atomic E-state index is -0.325. The summed E-state index contributed by atoms with van der Waals surface area (Å²) in [5.74, 6) is -0.325. The Morgan fingerprint density at radius 3 is 2.83 bits per heavy atom. The first-order chi connectivity index (χ1) is 11.2. The molecule has 1 fully saturated rings. The van der Waals surface area contributed by atoms with Gasteiger partial charge in [0.15, 0.2) is 0 Å². The van der Waals surface area contributed by atoms with Crippen LogP contribution in [0.25, 0.3) is 21.9 Å². The average molecular weight is 314 g/mol. The number of aromatic amines is 1. The molecule has 0 spiro atoms. The lowest BCUT2D eigenvalue weighted by Crippen LogP contribution is -2.34. The Bertz CT molecular complexity index is 908. The maximum atomic E-state index is 13.4. The summed E-state index contributed by atoms with van der Waals surface area (Å²) in [4.78, 5) is 22.5. The van der Waals surface area contributed by atoms with Gasteiger partial charge in [-0.15, -0.1) is 0 Å². The molecule has 0 unspecified atom stereocenters. The molecule has 0 bridgehead atoms. The zero-order chi connectivity index (χ0) is 15.8. The number of halogens is 1. The second-order valence-electron chi connectivity index (χ2n) is 6.18. The fourth-order valence-electron chi connectivity index (χ4n) is 3.35. The van der Waals surface area contributed by atoms with Gasteiger partial charge in [-0.1, -0.05) is 6.42 Å². The Labute approximate surface area is 132 Å². The number of nitrogens with one attached hydrogen (secondary N) is 1. The Morgan fingerprint density at radius 2 is 2.00 bits per heavy atom. The predicted octanol–water partition coefficient (Wildman–Crippen LogP) is 2.50. The van der Waals surface area contributed by atoms with Crippen LogP contribution in [0.5, 0.6) is 0 Å². The number of H-pyrrole nitrogens is 1. The van der Waals surface area contributed by atoms with E-state index in [0.717, 1.165) is 25.2 Å². The molecule has 0 radical (unpaired) electrons. The summed E-state index contributed by atoms with van der Waals surface area (Å²) in [6.45, 7) is 3.71. The van der Waals surface area contributed by atoms with Gasteiger partial charge < -0.3 is 9.88 Å². The smallest absolute Gasteiger partial charge is 0.277 e. The third-order valence-electron chi connectivity index (χ3n) is 4.64. The molecule has 1 saturated heterocycles. The standard InChI is InChI=1S/C17H19FN4O/c18-12-4-5-14-13(10-12)15-16(20-14)17(23)22(11-19-15)9-8-21-6-2-1-3-7-21/h4-5,10-11,20H,1-3,6-9H2. The summed E-state index contributed by atoms with van der Waals surface area (Å²) in [5, 5.41) is 0.653. The van der Waals surface area contributed by atoms with E-state index < -0.39 is 0 Å². The molecule has 1 aliphatic rings. The van der Waals surface area contributed by atoms with Gasteiger partial charge in [0.25, 0.3) is 5.56 Å². The van der Waals surface area contributed by atoms with Crippen molar-refractivity contribution in [3.63, 3.8) is 0 Å². The van der Waals surface area contributed by atoms with E-state index >= 15 is 0 Å². The first-order valence-electron chi connectivity index (χ1n) is 8.11. The van der Waals surface area contributed by atoms with Crippen molar-refractivity contribution in [2.45, 2.75) is 25.8 Å². The molecule has 0 atom stereocenters. The van der Waals surface area contributed by atoms with Gasteiger partial charge in [0, 0.05) is 24.0 Å². The summed E-state index contributed by atoms with van der Waals surface area (Å²) in [6.07, 6.45) is 5.35. The highest BCUT2D eigenvalue weighted by Gasteiger charge is 2.13. The van der Waals surface area contributed by atoms with Crippen LogP contribution in [0, 0.1) is 5.82 Å². The van der Waals surface area contributed by atoms with E-state index in [0.29, 0.717) is 23.0 Å². The van der Waals surface area contributed by atoms with E-state index in [1.54, 1.807) is 17.0 Å². The fourth-order valence-corrected chi connectivity index (χ4v) is 3.35. The number of hydrogen-bond acceptors (Lipinski definition) is 3. The highest BCUT2D eigenvalue weighted by Crippen LogP contribution is 2.22. The van der Waals surface area contributed by atoms with Crippen molar-refractivity contribution in [1.82, 2.24) is 19.4 Å². The molecule has 23 heavy (non-hydrogen) atoms. The lowest BCUT2D eigenvalue weighted by molar-refractivity contribution is 0.220. The van der Waals surface area contributed by atoms with Gasteiger partial charge in [0.05, 0.1) is 6.33 Å². The van der Waals surface area contributed by atoms with Crippen LogP contribution in [0.2, 0.25) is 0 Å². The first kappa shape index (κ1) is 14.4. The molecule has 4 rings (SSSR count). The van der Waals surface area contributed by atoms with Gasteiger partial charge in [-0.2, -0.15) is 0 Å². The van der Waals surface area contributed by atoms with Crippen LogP contribution in [0.1, 0.15) is 19.3 Å². The minimum Gasteiger partial charge on any atom is -0.349 e. The SMILES string of the molecule is O=c1c2[nH]c3ccc(F)cc3c2ncn1CCN1CCCCC1. The number of hydrogen-bond donors (Lipinski definition) is 1. The predicted molar refractivity (Wildman–Crippen MR) is 88.1 cm³/mol. The molecule has 0 saturated carbocycles. The molecule has 2 aromatic heterocycles. The van der Waals surface area contributed by atoms with Crippen molar-refractivity contribution in [3.05, 3.63) is 40.7 Å². The van der Waals surface area contributed by atoms with Crippen molar-refractivity contribution >= 4 is 21.9 Å². The zero-order valence-corrected chi connectivity index (χ0v) is 12.9. The molecule has 1 aromatic carbocycles. The largest absolute Gasteiger partial charge is 0.349 e. The Kier molecular flexibility index (Phi) is 3.61. The number of likely N-dealkylation sites (tertiary alicyclic amines) is 1. The summed E-state index contributed by atoms with van der Waals surface area (Å²) in [7, 11) is 0. The van der Waals surface area contributed by atoms with Gasteiger partial charge in [-0.05, 0) is 44.1 Å². The molecule has 3 heterocycles.